The Kier molecular flexibility index (Phi) is 7.01. The summed E-state index contributed by atoms with van der Waals surface area (Å²) in [6.45, 7) is 8.46. The van der Waals surface area contributed by atoms with Crippen molar-refractivity contribution >= 4 is 35.2 Å². The van der Waals surface area contributed by atoms with Gasteiger partial charge in [0.15, 0.2) is 18.2 Å². The molecule has 1 amide bonds. The van der Waals surface area contributed by atoms with Gasteiger partial charge in [-0.1, -0.05) is 38.1 Å². The maximum atomic E-state index is 12.4. The fraction of sp³-hybridized carbons (Fsp3) is 0.400. The molecule has 1 N–H and O–H groups in total. The third-order valence-corrected chi connectivity index (χ3v) is 5.01. The molecule has 0 bridgehead atoms. The second kappa shape index (κ2) is 9.05. The van der Waals surface area contributed by atoms with Crippen LogP contribution in [0, 0.1) is 12.3 Å². The number of nitrogens with zero attached hydrogens (tertiary/aromatic N) is 1. The first-order valence-corrected chi connectivity index (χ1v) is 9.66. The fourth-order valence-electron chi connectivity index (χ4n) is 2.06. The molecule has 2 rings (SSSR count). The number of carbonyl (C=O) groups excluding carboxylic acids is 3. The molecule has 7 nitrogen and oxygen atoms in total. The minimum Gasteiger partial charge on any atom is -0.454 e. The zero-order valence-electron chi connectivity index (χ0n) is 16.6. The van der Waals surface area contributed by atoms with Gasteiger partial charge in [0, 0.05) is 16.4 Å². The number of Topliss-reactive ketones (excluding diaryl/α,β-unsaturated/α-hetero) is 1. The number of benzene rings is 1. The summed E-state index contributed by atoms with van der Waals surface area (Å²) in [5.41, 5.74) is -0.271. The maximum absolute atomic E-state index is 12.4. The SMILES string of the molecule is Cc1cc(NC(=O)[C@@H](C)Sc2ccccc2C(=O)OCC(=O)C(C)(C)C)no1. The van der Waals surface area contributed by atoms with Crippen LogP contribution in [0.15, 0.2) is 39.8 Å². The number of thioether (sulfide) groups is 1. The van der Waals surface area contributed by atoms with E-state index in [-0.39, 0.29) is 18.3 Å². The minimum atomic E-state index is -0.597. The molecule has 28 heavy (non-hydrogen) atoms. The van der Waals surface area contributed by atoms with Crippen LogP contribution in [0.25, 0.3) is 0 Å². The normalized spacial score (nSPS) is 12.3. The molecule has 1 aromatic heterocycles. The number of rotatable bonds is 7. The van der Waals surface area contributed by atoms with E-state index >= 15 is 0 Å². The lowest BCUT2D eigenvalue weighted by molar-refractivity contribution is -0.129. The van der Waals surface area contributed by atoms with E-state index in [2.05, 4.69) is 10.5 Å². The van der Waals surface area contributed by atoms with E-state index in [4.69, 9.17) is 9.26 Å². The van der Waals surface area contributed by atoms with Crippen molar-refractivity contribution in [1.29, 1.82) is 0 Å². The predicted molar refractivity (Wildman–Crippen MR) is 106 cm³/mol. The van der Waals surface area contributed by atoms with E-state index in [0.717, 1.165) is 0 Å². The molecule has 0 aliphatic rings. The Bertz CT molecular complexity index is 869. The van der Waals surface area contributed by atoms with Gasteiger partial charge < -0.3 is 14.6 Å². The molecule has 0 aliphatic heterocycles. The second-order valence-corrected chi connectivity index (χ2v) is 8.70. The summed E-state index contributed by atoms with van der Waals surface area (Å²) in [5.74, 6) is -0.108. The molecular formula is C20H24N2O5S. The van der Waals surface area contributed by atoms with Crippen LogP contribution < -0.4 is 5.32 Å². The lowest BCUT2D eigenvalue weighted by Gasteiger charge is -2.17. The zero-order chi connectivity index (χ0) is 20.9. The summed E-state index contributed by atoms with van der Waals surface area (Å²) in [6, 6.07) is 8.43. The standard InChI is InChI=1S/C20H24N2O5S/c1-12-10-17(22-27-12)21-18(24)13(2)28-15-9-7-6-8-14(15)19(25)26-11-16(23)20(3,4)5/h6-10,13H,11H2,1-5H3,(H,21,22,24)/t13-/m1/s1. The van der Waals surface area contributed by atoms with Crippen LogP contribution in [0.2, 0.25) is 0 Å². The Labute approximate surface area is 168 Å². The summed E-state index contributed by atoms with van der Waals surface area (Å²) in [4.78, 5) is 37.4. The van der Waals surface area contributed by atoms with Crippen molar-refractivity contribution in [3.05, 3.63) is 41.7 Å². The average Bonchev–Trinajstić information content (AvgIpc) is 3.03. The van der Waals surface area contributed by atoms with Gasteiger partial charge in [-0.3, -0.25) is 9.59 Å². The monoisotopic (exact) mass is 404 g/mol. The number of hydrogen-bond acceptors (Lipinski definition) is 7. The zero-order valence-corrected chi connectivity index (χ0v) is 17.4. The van der Waals surface area contributed by atoms with Gasteiger partial charge in [0.2, 0.25) is 5.91 Å². The number of carbonyl (C=O) groups is 3. The third-order valence-electron chi connectivity index (χ3n) is 3.83. The minimum absolute atomic E-state index is 0.165. The molecule has 0 fully saturated rings. The van der Waals surface area contributed by atoms with Crippen molar-refractivity contribution in [1.82, 2.24) is 5.16 Å². The molecule has 0 spiro atoms. The van der Waals surface area contributed by atoms with Gasteiger partial charge in [0.1, 0.15) is 5.76 Å². The maximum Gasteiger partial charge on any atom is 0.339 e. The van der Waals surface area contributed by atoms with E-state index in [1.54, 1.807) is 65.0 Å². The van der Waals surface area contributed by atoms with E-state index in [9.17, 15) is 14.4 Å². The van der Waals surface area contributed by atoms with Crippen molar-refractivity contribution in [3.8, 4) is 0 Å². The van der Waals surface area contributed by atoms with Crippen LogP contribution in [0.4, 0.5) is 5.82 Å². The predicted octanol–water partition coefficient (Wildman–Crippen LogP) is 3.87. The van der Waals surface area contributed by atoms with Crippen molar-refractivity contribution in [2.24, 2.45) is 5.41 Å². The lowest BCUT2D eigenvalue weighted by Crippen LogP contribution is -2.26. The molecule has 1 atom stereocenters. The van der Waals surface area contributed by atoms with Crippen LogP contribution in [-0.2, 0) is 14.3 Å². The molecule has 150 valence electrons. The molecule has 1 aromatic carbocycles. The number of amides is 1. The summed E-state index contributed by atoms with van der Waals surface area (Å²) < 4.78 is 10.1. The Morgan fingerprint density at radius 1 is 1.25 bits per heavy atom. The van der Waals surface area contributed by atoms with Gasteiger partial charge in [-0.05, 0) is 26.0 Å². The topological polar surface area (TPSA) is 98.5 Å². The summed E-state index contributed by atoms with van der Waals surface area (Å²) in [7, 11) is 0. The van der Waals surface area contributed by atoms with Gasteiger partial charge in [-0.25, -0.2) is 4.79 Å². The summed E-state index contributed by atoms with van der Waals surface area (Å²) in [6.07, 6.45) is 0. The van der Waals surface area contributed by atoms with Crippen molar-refractivity contribution in [2.75, 3.05) is 11.9 Å². The van der Waals surface area contributed by atoms with Crippen LogP contribution in [0.5, 0.6) is 0 Å². The number of hydrogen-bond donors (Lipinski definition) is 1. The Morgan fingerprint density at radius 3 is 2.54 bits per heavy atom. The Balaban J connectivity index is 2.03. The largest absolute Gasteiger partial charge is 0.454 e. The van der Waals surface area contributed by atoms with Crippen molar-refractivity contribution in [3.63, 3.8) is 0 Å². The van der Waals surface area contributed by atoms with Crippen LogP contribution in [0.3, 0.4) is 0 Å². The average molecular weight is 404 g/mol. The molecule has 1 heterocycles. The molecule has 0 unspecified atom stereocenters. The van der Waals surface area contributed by atoms with Crippen molar-refractivity contribution < 1.29 is 23.6 Å². The van der Waals surface area contributed by atoms with Gasteiger partial charge in [0.05, 0.1) is 10.8 Å². The van der Waals surface area contributed by atoms with E-state index in [1.807, 2.05) is 0 Å². The highest BCUT2D eigenvalue weighted by Crippen LogP contribution is 2.28. The number of esters is 1. The first kappa shape index (κ1) is 21.7. The number of anilines is 1. The molecule has 0 aliphatic carbocycles. The summed E-state index contributed by atoms with van der Waals surface area (Å²) in [5, 5.41) is 5.89. The number of ether oxygens (including phenoxy) is 1. The van der Waals surface area contributed by atoms with Crippen molar-refractivity contribution in [2.45, 2.75) is 44.8 Å². The number of aromatic nitrogens is 1. The quantitative estimate of drug-likeness (QED) is 0.552. The van der Waals surface area contributed by atoms with Crippen LogP contribution in [-0.4, -0.2) is 34.7 Å². The van der Waals surface area contributed by atoms with Gasteiger partial charge >= 0.3 is 5.97 Å². The van der Waals surface area contributed by atoms with Gasteiger partial charge in [0.25, 0.3) is 0 Å². The first-order chi connectivity index (χ1) is 13.1. The Hall–Kier alpha value is -2.61. The fourth-order valence-corrected chi connectivity index (χ4v) is 3.04. The molecule has 8 heteroatoms. The molecule has 0 saturated heterocycles. The van der Waals surface area contributed by atoms with E-state index in [1.165, 1.54) is 11.8 Å². The van der Waals surface area contributed by atoms with Crippen LogP contribution in [0.1, 0.15) is 43.8 Å². The third kappa shape index (κ3) is 5.95. The first-order valence-electron chi connectivity index (χ1n) is 8.78. The van der Waals surface area contributed by atoms with Gasteiger partial charge in [-0.15, -0.1) is 11.8 Å². The number of ketones is 1. The Morgan fingerprint density at radius 2 is 1.93 bits per heavy atom. The van der Waals surface area contributed by atoms with Crippen LogP contribution >= 0.6 is 11.8 Å². The van der Waals surface area contributed by atoms with E-state index in [0.29, 0.717) is 22.0 Å². The molecule has 0 radical (unpaired) electrons. The number of nitrogens with one attached hydrogen (secondary N) is 1. The molecule has 0 saturated carbocycles. The summed E-state index contributed by atoms with van der Waals surface area (Å²) >= 11 is 1.22. The van der Waals surface area contributed by atoms with E-state index < -0.39 is 16.6 Å². The number of aryl methyl sites for hydroxylation is 1. The highest BCUT2D eigenvalue weighted by Gasteiger charge is 2.24. The van der Waals surface area contributed by atoms with Gasteiger partial charge in [-0.2, -0.15) is 0 Å². The second-order valence-electron chi connectivity index (χ2n) is 7.32. The highest BCUT2D eigenvalue weighted by atomic mass is 32.2. The lowest BCUT2D eigenvalue weighted by atomic mass is 9.91. The smallest absolute Gasteiger partial charge is 0.339 e. The molecular weight excluding hydrogens is 380 g/mol. The molecule has 2 aromatic rings. The highest BCUT2D eigenvalue weighted by molar-refractivity contribution is 8.00.